The highest BCUT2D eigenvalue weighted by Crippen LogP contribution is 1.99. The van der Waals surface area contributed by atoms with E-state index in [-0.39, 0.29) is 13.2 Å². The van der Waals surface area contributed by atoms with Crippen LogP contribution in [0.5, 0.6) is 0 Å². The van der Waals surface area contributed by atoms with Crippen LogP contribution in [0.15, 0.2) is 0 Å². The summed E-state index contributed by atoms with van der Waals surface area (Å²) in [5.74, 6) is -1.02. The Morgan fingerprint density at radius 3 is 2.40 bits per heavy atom. The Hall–Kier alpha value is -0.610. The first-order valence-corrected chi connectivity index (χ1v) is 2.94. The van der Waals surface area contributed by atoms with Gasteiger partial charge < -0.3 is 14.9 Å². The van der Waals surface area contributed by atoms with Crippen molar-refractivity contribution in [2.75, 3.05) is 13.2 Å². The molecular weight excluding hydrogens is 136 g/mol. The van der Waals surface area contributed by atoms with Crippen LogP contribution in [0.1, 0.15) is 13.8 Å². The monoisotopic (exact) mass is 148 g/mol. The van der Waals surface area contributed by atoms with Crippen LogP contribution in [-0.2, 0) is 9.53 Å². The van der Waals surface area contributed by atoms with Crippen molar-refractivity contribution in [1.29, 1.82) is 0 Å². The van der Waals surface area contributed by atoms with Gasteiger partial charge >= 0.3 is 5.97 Å². The SMILES string of the molecule is CC(C)(O)COCC(=O)O. The first kappa shape index (κ1) is 9.39. The molecule has 0 saturated carbocycles. The highest BCUT2D eigenvalue weighted by Gasteiger charge is 2.12. The average Bonchev–Trinajstić information content (AvgIpc) is 1.59. The second-order valence-corrected chi connectivity index (χ2v) is 2.70. The highest BCUT2D eigenvalue weighted by molar-refractivity contribution is 5.67. The molecule has 0 fully saturated rings. The molecule has 0 unspecified atom stereocenters. The van der Waals surface area contributed by atoms with Gasteiger partial charge in [-0.3, -0.25) is 0 Å². The molecule has 4 nitrogen and oxygen atoms in total. The molecule has 0 aliphatic carbocycles. The minimum Gasteiger partial charge on any atom is -0.480 e. The molecule has 0 amide bonds. The Balaban J connectivity index is 3.29. The fourth-order valence-electron chi connectivity index (χ4n) is 0.388. The van der Waals surface area contributed by atoms with E-state index in [2.05, 4.69) is 4.74 Å². The van der Waals surface area contributed by atoms with Crippen molar-refractivity contribution >= 4 is 5.97 Å². The summed E-state index contributed by atoms with van der Waals surface area (Å²) in [6, 6.07) is 0. The van der Waals surface area contributed by atoms with E-state index in [1.165, 1.54) is 0 Å². The van der Waals surface area contributed by atoms with E-state index in [1.807, 2.05) is 0 Å². The molecular formula is C6H12O4. The van der Waals surface area contributed by atoms with Crippen LogP contribution < -0.4 is 0 Å². The van der Waals surface area contributed by atoms with Crippen molar-refractivity contribution in [3.63, 3.8) is 0 Å². The lowest BCUT2D eigenvalue weighted by molar-refractivity contribution is -0.144. The van der Waals surface area contributed by atoms with E-state index in [4.69, 9.17) is 10.2 Å². The van der Waals surface area contributed by atoms with Gasteiger partial charge in [-0.05, 0) is 13.8 Å². The molecule has 0 aliphatic heterocycles. The molecule has 0 rings (SSSR count). The third-order valence-electron chi connectivity index (χ3n) is 0.681. The molecule has 2 N–H and O–H groups in total. The van der Waals surface area contributed by atoms with Gasteiger partial charge in [0.2, 0.25) is 0 Å². The molecule has 60 valence electrons. The molecule has 10 heavy (non-hydrogen) atoms. The maximum absolute atomic E-state index is 9.88. The van der Waals surface area contributed by atoms with Crippen LogP contribution >= 0.6 is 0 Å². The van der Waals surface area contributed by atoms with Gasteiger partial charge in [0, 0.05) is 0 Å². The van der Waals surface area contributed by atoms with Gasteiger partial charge in [0.15, 0.2) is 0 Å². The van der Waals surface area contributed by atoms with Gasteiger partial charge in [-0.2, -0.15) is 0 Å². The van der Waals surface area contributed by atoms with Crippen LogP contribution in [0.25, 0.3) is 0 Å². The topological polar surface area (TPSA) is 66.8 Å². The predicted octanol–water partition coefficient (Wildman–Crippen LogP) is -0.142. The summed E-state index contributed by atoms with van der Waals surface area (Å²) >= 11 is 0. The maximum Gasteiger partial charge on any atom is 0.329 e. The van der Waals surface area contributed by atoms with Gasteiger partial charge in [-0.15, -0.1) is 0 Å². The molecule has 0 aromatic heterocycles. The quantitative estimate of drug-likeness (QED) is 0.582. The second kappa shape index (κ2) is 3.53. The zero-order valence-corrected chi connectivity index (χ0v) is 6.13. The number of carboxylic acid groups (broad SMARTS) is 1. The van der Waals surface area contributed by atoms with E-state index in [0.717, 1.165) is 0 Å². The number of hydrogen-bond acceptors (Lipinski definition) is 3. The lowest BCUT2D eigenvalue weighted by Gasteiger charge is -2.15. The van der Waals surface area contributed by atoms with Gasteiger partial charge in [0.1, 0.15) is 6.61 Å². The standard InChI is InChI=1S/C6H12O4/c1-6(2,9)4-10-3-5(7)8/h9H,3-4H2,1-2H3,(H,7,8). The third kappa shape index (κ3) is 7.39. The number of ether oxygens (including phenoxy) is 1. The summed E-state index contributed by atoms with van der Waals surface area (Å²) in [5.41, 5.74) is -0.949. The summed E-state index contributed by atoms with van der Waals surface area (Å²) < 4.78 is 4.61. The third-order valence-corrected chi connectivity index (χ3v) is 0.681. The molecule has 0 radical (unpaired) electrons. The summed E-state index contributed by atoms with van der Waals surface area (Å²) in [7, 11) is 0. The zero-order chi connectivity index (χ0) is 8.20. The van der Waals surface area contributed by atoms with Crippen molar-refractivity contribution in [3.05, 3.63) is 0 Å². The van der Waals surface area contributed by atoms with Crippen LogP contribution in [-0.4, -0.2) is 35.0 Å². The van der Waals surface area contributed by atoms with E-state index in [9.17, 15) is 4.79 Å². The minimum atomic E-state index is -1.02. The molecule has 0 bridgehead atoms. The Labute approximate surface area is 59.4 Å². The Morgan fingerprint density at radius 1 is 1.60 bits per heavy atom. The van der Waals surface area contributed by atoms with Gasteiger partial charge in [-0.25, -0.2) is 4.79 Å². The fraction of sp³-hybridized carbons (Fsp3) is 0.833. The predicted molar refractivity (Wildman–Crippen MR) is 34.8 cm³/mol. The summed E-state index contributed by atoms with van der Waals surface area (Å²) in [4.78, 5) is 9.88. The Kier molecular flexibility index (Phi) is 3.32. The molecule has 0 atom stereocenters. The van der Waals surface area contributed by atoms with Crippen molar-refractivity contribution in [3.8, 4) is 0 Å². The van der Waals surface area contributed by atoms with Crippen molar-refractivity contribution < 1.29 is 19.7 Å². The van der Waals surface area contributed by atoms with E-state index < -0.39 is 11.6 Å². The summed E-state index contributed by atoms with van der Waals surface area (Å²) in [6.45, 7) is 2.78. The van der Waals surface area contributed by atoms with Crippen LogP contribution in [0.2, 0.25) is 0 Å². The van der Waals surface area contributed by atoms with E-state index >= 15 is 0 Å². The number of carboxylic acids is 1. The molecule has 0 aromatic carbocycles. The number of rotatable bonds is 4. The Morgan fingerprint density at radius 2 is 2.10 bits per heavy atom. The first-order valence-electron chi connectivity index (χ1n) is 2.94. The van der Waals surface area contributed by atoms with Crippen LogP contribution in [0, 0.1) is 0 Å². The highest BCUT2D eigenvalue weighted by atomic mass is 16.5. The number of hydrogen-bond donors (Lipinski definition) is 2. The van der Waals surface area contributed by atoms with Gasteiger partial charge in [0.25, 0.3) is 0 Å². The lowest BCUT2D eigenvalue weighted by Crippen LogP contribution is -2.27. The fourth-order valence-corrected chi connectivity index (χ4v) is 0.388. The molecule has 0 aromatic rings. The maximum atomic E-state index is 9.88. The van der Waals surface area contributed by atoms with Crippen LogP contribution in [0.3, 0.4) is 0 Å². The van der Waals surface area contributed by atoms with Gasteiger partial charge in [-0.1, -0.05) is 0 Å². The van der Waals surface area contributed by atoms with Gasteiger partial charge in [0.05, 0.1) is 12.2 Å². The average molecular weight is 148 g/mol. The van der Waals surface area contributed by atoms with Crippen LogP contribution in [0.4, 0.5) is 0 Å². The molecule has 0 spiro atoms. The number of aliphatic carboxylic acids is 1. The Bertz CT molecular complexity index is 113. The summed E-state index contributed by atoms with van der Waals surface area (Å²) in [5, 5.41) is 17.1. The molecule has 0 saturated heterocycles. The van der Waals surface area contributed by atoms with Crippen molar-refractivity contribution in [1.82, 2.24) is 0 Å². The molecule has 0 aliphatic rings. The zero-order valence-electron chi connectivity index (χ0n) is 6.13. The largest absolute Gasteiger partial charge is 0.480 e. The van der Waals surface area contributed by atoms with Crippen molar-refractivity contribution in [2.45, 2.75) is 19.4 Å². The van der Waals surface area contributed by atoms with Crippen molar-refractivity contribution in [2.24, 2.45) is 0 Å². The van der Waals surface area contributed by atoms with E-state index in [0.29, 0.717) is 0 Å². The normalized spacial score (nSPS) is 11.5. The number of carbonyl (C=O) groups is 1. The first-order chi connectivity index (χ1) is 4.42. The second-order valence-electron chi connectivity index (χ2n) is 2.70. The number of aliphatic hydroxyl groups is 1. The van der Waals surface area contributed by atoms with E-state index in [1.54, 1.807) is 13.8 Å². The molecule has 4 heteroatoms. The minimum absolute atomic E-state index is 0.0410. The lowest BCUT2D eigenvalue weighted by atomic mass is 10.2. The molecule has 0 heterocycles. The smallest absolute Gasteiger partial charge is 0.329 e. The summed E-state index contributed by atoms with van der Waals surface area (Å²) in [6.07, 6.45) is 0.